The lowest BCUT2D eigenvalue weighted by Crippen LogP contribution is -2.13. The number of carbonyl (C=O) groups excluding carboxylic acids is 1. The molecule has 0 radical (unpaired) electrons. The molecular weight excluding hydrogens is 272 g/mol. The van der Waals surface area contributed by atoms with Gasteiger partial charge in [-0.25, -0.2) is 0 Å². The molecule has 1 heterocycles. The average molecular weight is 289 g/mol. The van der Waals surface area contributed by atoms with Crippen LogP contribution in [0.5, 0.6) is 0 Å². The number of aromatic nitrogens is 1. The number of carbonyl (C=O) groups is 1. The molecule has 2 N–H and O–H groups in total. The Morgan fingerprint density at radius 3 is 2.65 bits per heavy atom. The van der Waals surface area contributed by atoms with Gasteiger partial charge in [0, 0.05) is 23.6 Å². The molecule has 0 aliphatic rings. The second-order valence-electron chi connectivity index (χ2n) is 4.79. The van der Waals surface area contributed by atoms with Crippen molar-refractivity contribution in [1.29, 1.82) is 0 Å². The Kier molecular flexibility index (Phi) is 4.74. The number of nitrogens with two attached hydrogens (primary N) is 1. The van der Waals surface area contributed by atoms with Gasteiger partial charge in [-0.3, -0.25) is 9.78 Å². The molecular formula is C16H17ClN2O. The van der Waals surface area contributed by atoms with Gasteiger partial charge >= 0.3 is 0 Å². The van der Waals surface area contributed by atoms with Gasteiger partial charge in [0.15, 0.2) is 0 Å². The van der Waals surface area contributed by atoms with Crippen molar-refractivity contribution < 1.29 is 4.79 Å². The highest BCUT2D eigenvalue weighted by molar-refractivity contribution is 6.30. The molecule has 104 valence electrons. The lowest BCUT2D eigenvalue weighted by Gasteiger charge is -2.15. The number of pyridine rings is 1. The number of halogens is 1. The van der Waals surface area contributed by atoms with Crippen molar-refractivity contribution in [3.05, 3.63) is 64.4 Å². The first kappa shape index (κ1) is 14.5. The third-order valence-corrected chi connectivity index (χ3v) is 3.60. The number of primary amides is 1. The van der Waals surface area contributed by atoms with E-state index in [4.69, 9.17) is 17.3 Å². The molecule has 0 saturated heterocycles. The Hall–Kier alpha value is -1.87. The van der Waals surface area contributed by atoms with Gasteiger partial charge in [0.1, 0.15) is 0 Å². The van der Waals surface area contributed by atoms with E-state index in [1.165, 1.54) is 0 Å². The fourth-order valence-electron chi connectivity index (χ4n) is 2.22. The van der Waals surface area contributed by atoms with E-state index in [9.17, 15) is 4.79 Å². The molecule has 4 heteroatoms. The van der Waals surface area contributed by atoms with E-state index in [0.717, 1.165) is 21.8 Å². The van der Waals surface area contributed by atoms with E-state index < -0.39 is 0 Å². The second-order valence-corrected chi connectivity index (χ2v) is 5.22. The molecule has 3 nitrogen and oxygen atoms in total. The summed E-state index contributed by atoms with van der Waals surface area (Å²) in [5, 5.41) is 0.718. The Morgan fingerprint density at radius 2 is 2.00 bits per heavy atom. The fraction of sp³-hybridized carbons (Fsp3) is 0.250. The van der Waals surface area contributed by atoms with Crippen molar-refractivity contribution in [1.82, 2.24) is 4.98 Å². The Labute approximate surface area is 123 Å². The minimum absolute atomic E-state index is 0.149. The summed E-state index contributed by atoms with van der Waals surface area (Å²) >= 11 is 5.91. The number of hydrogen-bond acceptors (Lipinski definition) is 2. The van der Waals surface area contributed by atoms with Crippen LogP contribution in [-0.4, -0.2) is 10.9 Å². The van der Waals surface area contributed by atoms with Gasteiger partial charge in [0.05, 0.1) is 5.69 Å². The molecule has 0 fully saturated rings. The minimum Gasteiger partial charge on any atom is -0.370 e. The highest BCUT2D eigenvalue weighted by atomic mass is 35.5. The zero-order chi connectivity index (χ0) is 14.5. The van der Waals surface area contributed by atoms with Gasteiger partial charge in [-0.2, -0.15) is 0 Å². The number of rotatable bonds is 5. The number of benzene rings is 1. The molecule has 0 bridgehead atoms. The molecule has 0 spiro atoms. The van der Waals surface area contributed by atoms with E-state index in [0.29, 0.717) is 12.8 Å². The van der Waals surface area contributed by atoms with Crippen LogP contribution < -0.4 is 5.73 Å². The summed E-state index contributed by atoms with van der Waals surface area (Å²) in [6.07, 6.45) is 2.73. The molecule has 1 aromatic carbocycles. The van der Waals surface area contributed by atoms with Gasteiger partial charge in [-0.1, -0.05) is 36.7 Å². The first-order valence-corrected chi connectivity index (χ1v) is 6.93. The maximum absolute atomic E-state index is 10.9. The normalized spacial score (nSPS) is 12.1. The number of aryl methyl sites for hydroxylation is 1. The third-order valence-electron chi connectivity index (χ3n) is 3.35. The summed E-state index contributed by atoms with van der Waals surface area (Å²) in [5.74, 6) is -0.143. The Bertz CT molecular complexity index is 596. The van der Waals surface area contributed by atoms with Crippen molar-refractivity contribution in [2.45, 2.75) is 25.7 Å². The van der Waals surface area contributed by atoms with Crippen molar-refractivity contribution in [3.63, 3.8) is 0 Å². The molecule has 0 aliphatic heterocycles. The topological polar surface area (TPSA) is 56.0 Å². The molecule has 1 amide bonds. The average Bonchev–Trinajstić information content (AvgIpc) is 2.45. The molecule has 2 rings (SSSR count). The molecule has 0 saturated carbocycles. The third kappa shape index (κ3) is 3.58. The van der Waals surface area contributed by atoms with Crippen LogP contribution in [-0.2, 0) is 11.2 Å². The quantitative estimate of drug-likeness (QED) is 0.918. The summed E-state index contributed by atoms with van der Waals surface area (Å²) in [4.78, 5) is 15.4. The number of amides is 1. The predicted molar refractivity (Wildman–Crippen MR) is 80.7 cm³/mol. The van der Waals surface area contributed by atoms with E-state index in [-0.39, 0.29) is 11.8 Å². The van der Waals surface area contributed by atoms with Crippen LogP contribution in [0.25, 0.3) is 0 Å². The molecule has 0 aliphatic carbocycles. The van der Waals surface area contributed by atoms with Crippen LogP contribution in [0, 0.1) is 0 Å². The first-order valence-electron chi connectivity index (χ1n) is 6.55. The van der Waals surface area contributed by atoms with Crippen LogP contribution in [0.1, 0.15) is 36.1 Å². The van der Waals surface area contributed by atoms with Crippen LogP contribution >= 0.6 is 11.6 Å². The number of hydrogen-bond donors (Lipinski definition) is 1. The van der Waals surface area contributed by atoms with Gasteiger partial charge in [0.2, 0.25) is 5.91 Å². The van der Waals surface area contributed by atoms with Gasteiger partial charge in [0.25, 0.3) is 0 Å². The van der Waals surface area contributed by atoms with Gasteiger partial charge in [-0.05, 0) is 35.7 Å². The largest absolute Gasteiger partial charge is 0.370 e. The number of nitrogens with zero attached hydrogens (tertiary/aromatic N) is 1. The Balaban J connectivity index is 2.27. The standard InChI is InChI=1S/C16H17ClN2O/c1-11(12-4-7-14(17)8-5-12)16-13(3-2-10-19-16)6-9-15(18)20/h2-5,7-8,10-11H,6,9H2,1H3,(H2,18,20). The Morgan fingerprint density at radius 1 is 1.30 bits per heavy atom. The van der Waals surface area contributed by atoms with E-state index in [2.05, 4.69) is 11.9 Å². The fourth-order valence-corrected chi connectivity index (χ4v) is 2.35. The van der Waals surface area contributed by atoms with Crippen molar-refractivity contribution in [2.75, 3.05) is 0 Å². The van der Waals surface area contributed by atoms with Crippen LogP contribution in [0.15, 0.2) is 42.6 Å². The van der Waals surface area contributed by atoms with Crippen LogP contribution in [0.3, 0.4) is 0 Å². The zero-order valence-corrected chi connectivity index (χ0v) is 12.1. The van der Waals surface area contributed by atoms with Crippen molar-refractivity contribution >= 4 is 17.5 Å². The molecule has 2 aromatic rings. The van der Waals surface area contributed by atoms with Crippen LogP contribution in [0.4, 0.5) is 0 Å². The zero-order valence-electron chi connectivity index (χ0n) is 11.3. The van der Waals surface area contributed by atoms with Gasteiger partial charge in [-0.15, -0.1) is 0 Å². The second kappa shape index (κ2) is 6.53. The summed E-state index contributed by atoms with van der Waals surface area (Å²) in [5.41, 5.74) is 8.41. The lowest BCUT2D eigenvalue weighted by atomic mass is 9.92. The molecule has 1 unspecified atom stereocenters. The summed E-state index contributed by atoms with van der Waals surface area (Å²) in [6.45, 7) is 2.10. The van der Waals surface area contributed by atoms with Crippen LogP contribution in [0.2, 0.25) is 5.02 Å². The first-order chi connectivity index (χ1) is 9.58. The molecule has 1 aromatic heterocycles. The highest BCUT2D eigenvalue weighted by Crippen LogP contribution is 2.26. The smallest absolute Gasteiger partial charge is 0.217 e. The van der Waals surface area contributed by atoms with Crippen molar-refractivity contribution in [3.8, 4) is 0 Å². The molecule has 1 atom stereocenters. The minimum atomic E-state index is -0.293. The van der Waals surface area contributed by atoms with Crippen molar-refractivity contribution in [2.24, 2.45) is 5.73 Å². The summed E-state index contributed by atoms with van der Waals surface area (Å²) < 4.78 is 0. The monoisotopic (exact) mass is 288 g/mol. The maximum Gasteiger partial charge on any atom is 0.217 e. The summed E-state index contributed by atoms with van der Waals surface area (Å²) in [6, 6.07) is 11.6. The van der Waals surface area contributed by atoms with E-state index >= 15 is 0 Å². The lowest BCUT2D eigenvalue weighted by molar-refractivity contribution is -0.117. The predicted octanol–water partition coefficient (Wildman–Crippen LogP) is 3.30. The van der Waals surface area contributed by atoms with Gasteiger partial charge < -0.3 is 5.73 Å². The maximum atomic E-state index is 10.9. The van der Waals surface area contributed by atoms with E-state index in [1.807, 2.05) is 36.4 Å². The SMILES string of the molecule is CC(c1ccc(Cl)cc1)c1ncccc1CCC(N)=O. The summed E-state index contributed by atoms with van der Waals surface area (Å²) in [7, 11) is 0. The highest BCUT2D eigenvalue weighted by Gasteiger charge is 2.14. The van der Waals surface area contributed by atoms with E-state index in [1.54, 1.807) is 6.20 Å². The molecule has 20 heavy (non-hydrogen) atoms.